The fourth-order valence-corrected chi connectivity index (χ4v) is 1.63. The maximum atomic E-state index is 10.9. The second kappa shape index (κ2) is 6.10. The number of carbonyl (C=O) groups is 2. The Hall–Kier alpha value is -1.22. The zero-order valence-electron chi connectivity index (χ0n) is 10.1. The van der Waals surface area contributed by atoms with E-state index in [1.165, 1.54) is 6.92 Å². The highest BCUT2D eigenvalue weighted by molar-refractivity contribution is 5.66. The molecule has 4 N–H and O–H groups in total. The van der Waals surface area contributed by atoms with Crippen LogP contribution in [-0.4, -0.2) is 59.4 Å². The Morgan fingerprint density at radius 2 is 1.89 bits per heavy atom. The fourth-order valence-electron chi connectivity index (χ4n) is 1.63. The molecule has 104 valence electrons. The van der Waals surface area contributed by atoms with Gasteiger partial charge in [0, 0.05) is 13.8 Å². The SMILES string of the molecule is CC(=O)OCC1OC(O)C(N)C(O)C1OC(C)=O. The second-order valence-corrected chi connectivity index (χ2v) is 4.01. The smallest absolute Gasteiger partial charge is 0.303 e. The molecule has 8 heteroatoms. The Labute approximate surface area is 104 Å². The summed E-state index contributed by atoms with van der Waals surface area (Å²) in [6.45, 7) is 2.10. The van der Waals surface area contributed by atoms with Crippen LogP contribution in [0.25, 0.3) is 0 Å². The minimum Gasteiger partial charge on any atom is -0.463 e. The lowest BCUT2D eigenvalue weighted by atomic mass is 9.97. The molecule has 0 aromatic carbocycles. The summed E-state index contributed by atoms with van der Waals surface area (Å²) >= 11 is 0. The van der Waals surface area contributed by atoms with Gasteiger partial charge in [0.15, 0.2) is 12.4 Å². The van der Waals surface area contributed by atoms with Crippen molar-refractivity contribution in [3.8, 4) is 0 Å². The molecule has 1 rings (SSSR count). The monoisotopic (exact) mass is 263 g/mol. The van der Waals surface area contributed by atoms with Gasteiger partial charge >= 0.3 is 11.9 Å². The normalized spacial score (nSPS) is 35.9. The number of ether oxygens (including phenoxy) is 3. The fraction of sp³-hybridized carbons (Fsp3) is 0.800. The predicted octanol–water partition coefficient (Wildman–Crippen LogP) is -2.11. The topological polar surface area (TPSA) is 128 Å². The first-order chi connectivity index (χ1) is 8.32. The van der Waals surface area contributed by atoms with E-state index in [2.05, 4.69) is 0 Å². The van der Waals surface area contributed by atoms with Gasteiger partial charge in [-0.3, -0.25) is 9.59 Å². The van der Waals surface area contributed by atoms with Crippen LogP contribution >= 0.6 is 0 Å². The van der Waals surface area contributed by atoms with Crippen molar-refractivity contribution in [3.63, 3.8) is 0 Å². The van der Waals surface area contributed by atoms with Crippen molar-refractivity contribution in [1.29, 1.82) is 0 Å². The lowest BCUT2D eigenvalue weighted by molar-refractivity contribution is -0.256. The molecule has 8 nitrogen and oxygen atoms in total. The molecule has 1 aliphatic rings. The van der Waals surface area contributed by atoms with Crippen LogP contribution in [0.1, 0.15) is 13.8 Å². The Balaban J connectivity index is 2.75. The van der Waals surface area contributed by atoms with Gasteiger partial charge in [0.1, 0.15) is 18.8 Å². The molecular formula is C10H17NO7. The number of carbonyl (C=O) groups excluding carboxylic acids is 2. The Morgan fingerprint density at radius 3 is 2.39 bits per heavy atom. The number of aliphatic hydroxyl groups is 2. The van der Waals surface area contributed by atoms with Crippen LogP contribution in [0, 0.1) is 0 Å². The first kappa shape index (κ1) is 14.8. The number of aliphatic hydroxyl groups excluding tert-OH is 2. The van der Waals surface area contributed by atoms with Gasteiger partial charge in [0.2, 0.25) is 0 Å². The van der Waals surface area contributed by atoms with E-state index in [0.717, 1.165) is 6.92 Å². The summed E-state index contributed by atoms with van der Waals surface area (Å²) in [4.78, 5) is 21.6. The summed E-state index contributed by atoms with van der Waals surface area (Å²) in [6.07, 6.45) is -4.80. The lowest BCUT2D eigenvalue weighted by Gasteiger charge is -2.40. The van der Waals surface area contributed by atoms with E-state index in [-0.39, 0.29) is 6.61 Å². The summed E-state index contributed by atoms with van der Waals surface area (Å²) in [5.41, 5.74) is 5.48. The molecule has 0 aliphatic carbocycles. The molecule has 0 spiro atoms. The average molecular weight is 263 g/mol. The number of rotatable bonds is 3. The van der Waals surface area contributed by atoms with Gasteiger partial charge in [0.25, 0.3) is 0 Å². The molecular weight excluding hydrogens is 246 g/mol. The molecule has 0 aromatic rings. The molecule has 1 saturated heterocycles. The van der Waals surface area contributed by atoms with Crippen molar-refractivity contribution in [2.45, 2.75) is 44.5 Å². The van der Waals surface area contributed by atoms with Crippen LogP contribution in [0.4, 0.5) is 0 Å². The molecule has 5 atom stereocenters. The van der Waals surface area contributed by atoms with E-state index in [0.29, 0.717) is 0 Å². The quantitative estimate of drug-likeness (QED) is 0.493. The first-order valence-corrected chi connectivity index (χ1v) is 5.40. The Kier molecular flexibility index (Phi) is 5.03. The second-order valence-electron chi connectivity index (χ2n) is 4.01. The summed E-state index contributed by atoms with van der Waals surface area (Å²) in [5, 5.41) is 19.3. The highest BCUT2D eigenvalue weighted by Crippen LogP contribution is 2.21. The van der Waals surface area contributed by atoms with Gasteiger partial charge < -0.3 is 30.2 Å². The standard InChI is InChI=1S/C10H17NO7/c1-4(12)16-3-6-9(17-5(2)13)8(14)7(11)10(15)18-6/h6-10,14-15H,3,11H2,1-2H3. The minimum absolute atomic E-state index is 0.256. The summed E-state index contributed by atoms with van der Waals surface area (Å²) in [5.74, 6) is -1.20. The molecule has 0 bridgehead atoms. The number of hydrogen-bond donors (Lipinski definition) is 3. The largest absolute Gasteiger partial charge is 0.463 e. The summed E-state index contributed by atoms with van der Waals surface area (Å²) in [7, 11) is 0. The molecule has 0 aromatic heterocycles. The zero-order chi connectivity index (χ0) is 13.9. The van der Waals surface area contributed by atoms with Crippen molar-refractivity contribution in [2.75, 3.05) is 6.61 Å². The van der Waals surface area contributed by atoms with E-state index in [9.17, 15) is 19.8 Å². The third-order valence-electron chi connectivity index (χ3n) is 2.49. The van der Waals surface area contributed by atoms with Gasteiger partial charge in [0.05, 0.1) is 6.04 Å². The van der Waals surface area contributed by atoms with E-state index in [1.54, 1.807) is 0 Å². The van der Waals surface area contributed by atoms with Crippen LogP contribution in [0.2, 0.25) is 0 Å². The number of nitrogens with two attached hydrogens (primary N) is 1. The van der Waals surface area contributed by atoms with Crippen molar-refractivity contribution in [1.82, 2.24) is 0 Å². The third-order valence-corrected chi connectivity index (χ3v) is 2.49. The van der Waals surface area contributed by atoms with E-state index in [4.69, 9.17) is 19.9 Å². The van der Waals surface area contributed by atoms with Gasteiger partial charge in [-0.2, -0.15) is 0 Å². The van der Waals surface area contributed by atoms with Crippen LogP contribution < -0.4 is 5.73 Å². The first-order valence-electron chi connectivity index (χ1n) is 5.40. The molecule has 0 radical (unpaired) electrons. The van der Waals surface area contributed by atoms with Gasteiger partial charge in [-0.1, -0.05) is 0 Å². The van der Waals surface area contributed by atoms with Crippen LogP contribution in [0.15, 0.2) is 0 Å². The maximum absolute atomic E-state index is 10.9. The van der Waals surface area contributed by atoms with E-state index < -0.39 is 42.6 Å². The zero-order valence-corrected chi connectivity index (χ0v) is 10.1. The highest BCUT2D eigenvalue weighted by Gasteiger charge is 2.45. The van der Waals surface area contributed by atoms with Crippen molar-refractivity contribution >= 4 is 11.9 Å². The molecule has 0 saturated carbocycles. The van der Waals surface area contributed by atoms with Crippen LogP contribution in [-0.2, 0) is 23.8 Å². The van der Waals surface area contributed by atoms with E-state index in [1.807, 2.05) is 0 Å². The van der Waals surface area contributed by atoms with Crippen molar-refractivity contribution in [3.05, 3.63) is 0 Å². The average Bonchev–Trinajstić information content (AvgIpc) is 2.27. The minimum atomic E-state index is -1.42. The highest BCUT2D eigenvalue weighted by atomic mass is 16.7. The molecule has 18 heavy (non-hydrogen) atoms. The molecule has 1 aliphatic heterocycles. The predicted molar refractivity (Wildman–Crippen MR) is 57.0 cm³/mol. The third kappa shape index (κ3) is 3.64. The number of esters is 2. The molecule has 5 unspecified atom stereocenters. The van der Waals surface area contributed by atoms with Crippen molar-refractivity contribution in [2.24, 2.45) is 5.73 Å². The van der Waals surface area contributed by atoms with Crippen LogP contribution in [0.3, 0.4) is 0 Å². The van der Waals surface area contributed by atoms with Gasteiger partial charge in [-0.25, -0.2) is 0 Å². The lowest BCUT2D eigenvalue weighted by Crippen LogP contribution is -2.63. The Bertz CT molecular complexity index is 321. The summed E-state index contributed by atoms with van der Waals surface area (Å²) < 4.78 is 14.6. The molecule has 1 heterocycles. The Morgan fingerprint density at radius 1 is 1.28 bits per heavy atom. The van der Waals surface area contributed by atoms with Gasteiger partial charge in [-0.15, -0.1) is 0 Å². The van der Waals surface area contributed by atoms with Gasteiger partial charge in [-0.05, 0) is 0 Å². The molecule has 1 fully saturated rings. The van der Waals surface area contributed by atoms with Crippen molar-refractivity contribution < 1.29 is 34.0 Å². The maximum Gasteiger partial charge on any atom is 0.303 e. The number of hydrogen-bond acceptors (Lipinski definition) is 8. The van der Waals surface area contributed by atoms with Crippen LogP contribution in [0.5, 0.6) is 0 Å². The summed E-state index contributed by atoms with van der Waals surface area (Å²) in [6, 6.07) is -1.11. The molecule has 0 amide bonds. The van der Waals surface area contributed by atoms with E-state index >= 15 is 0 Å².